The highest BCUT2D eigenvalue weighted by Gasteiger charge is 2.10. The predicted octanol–water partition coefficient (Wildman–Crippen LogP) is 3.43. The van der Waals surface area contributed by atoms with E-state index in [1.165, 1.54) is 36.4 Å². The number of hydrogen-bond acceptors (Lipinski definition) is 2. The van der Waals surface area contributed by atoms with Crippen molar-refractivity contribution in [2.24, 2.45) is 0 Å². The minimum absolute atomic E-state index is 0.0744. The molecule has 0 bridgehead atoms. The quantitative estimate of drug-likeness (QED) is 0.911. The highest BCUT2D eigenvalue weighted by molar-refractivity contribution is 6.33. The Morgan fingerprint density at radius 1 is 1.05 bits per heavy atom. The number of rotatable bonds is 3. The summed E-state index contributed by atoms with van der Waals surface area (Å²) in [5.74, 6) is -2.11. The van der Waals surface area contributed by atoms with Crippen molar-refractivity contribution >= 4 is 29.2 Å². The third kappa shape index (κ3) is 3.13. The number of hydrogen-bond donors (Lipinski definition) is 2. The number of benzene rings is 2. The van der Waals surface area contributed by atoms with Crippen LogP contribution in [0.2, 0.25) is 5.02 Å². The average Bonchev–Trinajstić information content (AvgIpc) is 2.43. The molecule has 2 N–H and O–H groups in total. The highest BCUT2D eigenvalue weighted by atomic mass is 35.5. The van der Waals surface area contributed by atoms with E-state index >= 15 is 0 Å². The third-order valence-corrected chi connectivity index (χ3v) is 2.90. The second-order valence-electron chi connectivity index (χ2n) is 3.96. The number of carbonyl (C=O) groups is 2. The summed E-state index contributed by atoms with van der Waals surface area (Å²) < 4.78 is 13.1. The van der Waals surface area contributed by atoms with Crippen LogP contribution in [0.25, 0.3) is 0 Å². The second-order valence-corrected chi connectivity index (χ2v) is 4.37. The summed E-state index contributed by atoms with van der Waals surface area (Å²) in [7, 11) is 0. The van der Waals surface area contributed by atoms with Crippen LogP contribution in [0.3, 0.4) is 0 Å². The van der Waals surface area contributed by atoms with Crippen molar-refractivity contribution < 1.29 is 19.1 Å². The third-order valence-electron chi connectivity index (χ3n) is 2.57. The molecule has 1 amide bonds. The Morgan fingerprint density at radius 2 is 1.65 bits per heavy atom. The van der Waals surface area contributed by atoms with E-state index in [0.29, 0.717) is 0 Å². The number of nitrogens with one attached hydrogen (secondary N) is 1. The Hall–Kier alpha value is -2.40. The van der Waals surface area contributed by atoms with Crippen LogP contribution in [0.15, 0.2) is 42.5 Å². The molecule has 0 fully saturated rings. The van der Waals surface area contributed by atoms with E-state index in [2.05, 4.69) is 5.32 Å². The summed E-state index contributed by atoms with van der Waals surface area (Å²) in [5, 5.41) is 11.4. The minimum atomic E-state index is -1.08. The molecular weight excluding hydrogens is 285 g/mol. The van der Waals surface area contributed by atoms with Gasteiger partial charge in [0.25, 0.3) is 5.91 Å². The standard InChI is InChI=1S/C14H9ClFNO3/c15-11-6-5-10(16)7-12(11)17-13(18)8-1-3-9(4-2-8)14(19)20/h1-7H,(H,17,18)(H,19,20). The Morgan fingerprint density at radius 3 is 2.25 bits per heavy atom. The van der Waals surface area contributed by atoms with Crippen LogP contribution in [0, 0.1) is 5.82 Å². The van der Waals surface area contributed by atoms with E-state index in [1.807, 2.05) is 0 Å². The van der Waals surface area contributed by atoms with Gasteiger partial charge in [-0.05, 0) is 42.5 Å². The molecular formula is C14H9ClFNO3. The fourth-order valence-electron chi connectivity index (χ4n) is 1.55. The molecule has 0 aliphatic heterocycles. The van der Waals surface area contributed by atoms with Crippen molar-refractivity contribution in [2.75, 3.05) is 5.32 Å². The normalized spacial score (nSPS) is 10.1. The molecule has 0 unspecified atom stereocenters. The lowest BCUT2D eigenvalue weighted by Gasteiger charge is -2.07. The molecule has 0 aliphatic rings. The van der Waals surface area contributed by atoms with Crippen molar-refractivity contribution in [2.45, 2.75) is 0 Å². The van der Waals surface area contributed by atoms with Gasteiger partial charge in [-0.15, -0.1) is 0 Å². The summed E-state index contributed by atoms with van der Waals surface area (Å²) in [6.45, 7) is 0. The van der Waals surface area contributed by atoms with Crippen molar-refractivity contribution in [3.8, 4) is 0 Å². The lowest BCUT2D eigenvalue weighted by atomic mass is 10.1. The van der Waals surface area contributed by atoms with E-state index < -0.39 is 17.7 Å². The van der Waals surface area contributed by atoms with Gasteiger partial charge in [-0.3, -0.25) is 4.79 Å². The molecule has 0 saturated carbocycles. The van der Waals surface area contributed by atoms with Crippen molar-refractivity contribution in [3.05, 3.63) is 64.4 Å². The number of carboxylic acids is 1. The van der Waals surface area contributed by atoms with Gasteiger partial charge in [-0.1, -0.05) is 11.6 Å². The number of carboxylic acid groups (broad SMARTS) is 1. The monoisotopic (exact) mass is 293 g/mol. The van der Waals surface area contributed by atoms with Crippen LogP contribution < -0.4 is 5.32 Å². The van der Waals surface area contributed by atoms with E-state index in [1.54, 1.807) is 0 Å². The van der Waals surface area contributed by atoms with Gasteiger partial charge in [-0.25, -0.2) is 9.18 Å². The Labute approximate surface area is 118 Å². The van der Waals surface area contributed by atoms with Crippen molar-refractivity contribution in [1.82, 2.24) is 0 Å². The number of amides is 1. The van der Waals surface area contributed by atoms with Crippen LogP contribution >= 0.6 is 11.6 Å². The highest BCUT2D eigenvalue weighted by Crippen LogP contribution is 2.23. The van der Waals surface area contributed by atoms with Gasteiger partial charge in [0.2, 0.25) is 0 Å². The first-order valence-corrected chi connectivity index (χ1v) is 5.95. The summed E-state index contributed by atoms with van der Waals surface area (Å²) in [6, 6.07) is 8.97. The van der Waals surface area contributed by atoms with Crippen molar-refractivity contribution in [1.29, 1.82) is 0 Å². The number of carbonyl (C=O) groups excluding carboxylic acids is 1. The molecule has 2 aromatic rings. The first-order chi connectivity index (χ1) is 9.47. The fraction of sp³-hybridized carbons (Fsp3) is 0. The molecule has 0 saturated heterocycles. The summed E-state index contributed by atoms with van der Waals surface area (Å²) in [6.07, 6.45) is 0. The average molecular weight is 294 g/mol. The Balaban J connectivity index is 2.19. The Bertz CT molecular complexity index is 671. The molecule has 0 heterocycles. The summed E-state index contributed by atoms with van der Waals surface area (Å²) >= 11 is 5.84. The number of halogens is 2. The SMILES string of the molecule is O=C(O)c1ccc(C(=O)Nc2cc(F)ccc2Cl)cc1. The van der Waals surface area contributed by atoms with Gasteiger partial charge >= 0.3 is 5.97 Å². The molecule has 6 heteroatoms. The maximum Gasteiger partial charge on any atom is 0.335 e. The predicted molar refractivity (Wildman–Crippen MR) is 72.8 cm³/mol. The number of aromatic carboxylic acids is 1. The first-order valence-electron chi connectivity index (χ1n) is 5.57. The van der Waals surface area contributed by atoms with Crippen LogP contribution in [0.5, 0.6) is 0 Å². The lowest BCUT2D eigenvalue weighted by Crippen LogP contribution is -2.12. The zero-order valence-corrected chi connectivity index (χ0v) is 10.8. The fourth-order valence-corrected chi connectivity index (χ4v) is 1.72. The van der Waals surface area contributed by atoms with Crippen LogP contribution in [0.4, 0.5) is 10.1 Å². The molecule has 0 spiro atoms. The molecule has 4 nitrogen and oxygen atoms in total. The topological polar surface area (TPSA) is 66.4 Å². The van der Waals surface area contributed by atoms with Gasteiger partial charge < -0.3 is 10.4 Å². The molecule has 0 atom stereocenters. The van der Waals surface area contributed by atoms with Gasteiger partial charge in [0.15, 0.2) is 0 Å². The summed E-state index contributed by atoms with van der Waals surface area (Å²) in [5.41, 5.74) is 0.472. The molecule has 0 aliphatic carbocycles. The largest absolute Gasteiger partial charge is 0.478 e. The Kier molecular flexibility index (Phi) is 4.00. The van der Waals surface area contributed by atoms with Crippen molar-refractivity contribution in [3.63, 3.8) is 0 Å². The lowest BCUT2D eigenvalue weighted by molar-refractivity contribution is 0.0696. The van der Waals surface area contributed by atoms with Crippen LogP contribution in [-0.2, 0) is 0 Å². The minimum Gasteiger partial charge on any atom is -0.478 e. The number of anilines is 1. The van der Waals surface area contributed by atoms with E-state index in [9.17, 15) is 14.0 Å². The maximum absolute atomic E-state index is 13.1. The van der Waals surface area contributed by atoms with E-state index in [4.69, 9.17) is 16.7 Å². The van der Waals surface area contributed by atoms with Crippen LogP contribution in [0.1, 0.15) is 20.7 Å². The zero-order chi connectivity index (χ0) is 14.7. The molecule has 102 valence electrons. The van der Waals surface area contributed by atoms with Gasteiger partial charge in [0.05, 0.1) is 16.3 Å². The molecule has 20 heavy (non-hydrogen) atoms. The smallest absolute Gasteiger partial charge is 0.335 e. The first kappa shape index (κ1) is 14.0. The van der Waals surface area contributed by atoms with Gasteiger partial charge in [0, 0.05) is 5.56 Å². The van der Waals surface area contributed by atoms with E-state index in [0.717, 1.165) is 6.07 Å². The zero-order valence-electron chi connectivity index (χ0n) is 10.1. The summed E-state index contributed by atoms with van der Waals surface area (Å²) in [4.78, 5) is 22.6. The van der Waals surface area contributed by atoms with Crippen LogP contribution in [-0.4, -0.2) is 17.0 Å². The maximum atomic E-state index is 13.1. The molecule has 0 radical (unpaired) electrons. The molecule has 0 aromatic heterocycles. The van der Waals surface area contributed by atoms with Gasteiger partial charge in [-0.2, -0.15) is 0 Å². The van der Waals surface area contributed by atoms with E-state index in [-0.39, 0.29) is 21.8 Å². The molecule has 2 rings (SSSR count). The second kappa shape index (κ2) is 5.71. The molecule has 2 aromatic carbocycles. The van der Waals surface area contributed by atoms with Gasteiger partial charge in [0.1, 0.15) is 5.82 Å².